The minimum Gasteiger partial charge on any atom is -0.508 e. The fourth-order valence-electron chi connectivity index (χ4n) is 2.10. The number of carbonyl (C=O) groups is 1. The lowest BCUT2D eigenvalue weighted by atomic mass is 10.2. The largest absolute Gasteiger partial charge is 0.508 e. The smallest absolute Gasteiger partial charge is 0.248 e. The highest BCUT2D eigenvalue weighted by Crippen LogP contribution is 2.20. The van der Waals surface area contributed by atoms with Crippen LogP contribution in [0.25, 0.3) is 6.08 Å². The molecule has 2 aromatic rings. The lowest BCUT2D eigenvalue weighted by molar-refractivity contribution is -0.111. The molecule has 120 valence electrons. The number of aryl methyl sites for hydroxylation is 1. The van der Waals surface area contributed by atoms with Crippen molar-refractivity contribution in [3.8, 4) is 11.5 Å². The minimum atomic E-state index is -0.228. The Morgan fingerprint density at radius 1 is 1.22 bits per heavy atom. The van der Waals surface area contributed by atoms with Gasteiger partial charge in [-0.1, -0.05) is 12.1 Å². The van der Waals surface area contributed by atoms with Crippen LogP contribution in [0.5, 0.6) is 11.5 Å². The molecule has 1 amide bonds. The molecule has 2 N–H and O–H groups in total. The second kappa shape index (κ2) is 7.49. The molecule has 4 heteroatoms. The molecule has 0 aliphatic carbocycles. The summed E-state index contributed by atoms with van der Waals surface area (Å²) in [6, 6.07) is 12.4. The summed E-state index contributed by atoms with van der Waals surface area (Å²) in [6.07, 6.45) is 3.31. The van der Waals surface area contributed by atoms with E-state index in [-0.39, 0.29) is 17.8 Å². The monoisotopic (exact) mass is 311 g/mol. The van der Waals surface area contributed by atoms with E-state index in [4.69, 9.17) is 4.74 Å². The number of hydrogen-bond donors (Lipinski definition) is 2. The Kier molecular flexibility index (Phi) is 5.41. The van der Waals surface area contributed by atoms with Crippen molar-refractivity contribution >= 4 is 17.7 Å². The first-order valence-corrected chi connectivity index (χ1v) is 7.49. The summed E-state index contributed by atoms with van der Waals surface area (Å²) in [4.78, 5) is 12.0. The van der Waals surface area contributed by atoms with Crippen LogP contribution in [0.4, 0.5) is 5.69 Å². The van der Waals surface area contributed by atoms with Gasteiger partial charge < -0.3 is 15.2 Å². The lowest BCUT2D eigenvalue weighted by Gasteiger charge is -2.09. The number of ether oxygens (including phenoxy) is 1. The summed E-state index contributed by atoms with van der Waals surface area (Å²) in [7, 11) is 0. The average molecular weight is 311 g/mol. The normalized spacial score (nSPS) is 11.0. The molecule has 0 atom stereocenters. The Hall–Kier alpha value is -2.75. The first-order chi connectivity index (χ1) is 10.9. The number of nitrogens with one attached hydrogen (secondary N) is 1. The zero-order valence-electron chi connectivity index (χ0n) is 13.5. The molecule has 23 heavy (non-hydrogen) atoms. The van der Waals surface area contributed by atoms with Crippen LogP contribution in [0.3, 0.4) is 0 Å². The van der Waals surface area contributed by atoms with E-state index < -0.39 is 0 Å². The van der Waals surface area contributed by atoms with E-state index in [9.17, 15) is 9.90 Å². The third-order valence-electron chi connectivity index (χ3n) is 3.12. The molecule has 2 aromatic carbocycles. The van der Waals surface area contributed by atoms with Crippen LogP contribution in [0.2, 0.25) is 0 Å². The zero-order chi connectivity index (χ0) is 16.8. The predicted molar refractivity (Wildman–Crippen MR) is 92.7 cm³/mol. The SMILES string of the molecule is Cc1cc(O)ccc1NC(=O)/C=C/c1cccc(OC(C)C)c1. The fraction of sp³-hybridized carbons (Fsp3) is 0.211. The number of rotatable bonds is 5. The van der Waals surface area contributed by atoms with Gasteiger partial charge in [0, 0.05) is 11.8 Å². The molecule has 0 radical (unpaired) electrons. The van der Waals surface area contributed by atoms with Crippen LogP contribution in [-0.4, -0.2) is 17.1 Å². The van der Waals surface area contributed by atoms with Crippen molar-refractivity contribution in [2.45, 2.75) is 26.9 Å². The highest BCUT2D eigenvalue weighted by Gasteiger charge is 2.03. The van der Waals surface area contributed by atoms with E-state index in [0.29, 0.717) is 5.69 Å². The quantitative estimate of drug-likeness (QED) is 0.644. The standard InChI is InChI=1S/C19H21NO3/c1-13(2)23-17-6-4-5-15(12-17)7-10-19(22)20-18-9-8-16(21)11-14(18)3/h4-13,21H,1-3H3,(H,20,22)/b10-7+. The van der Waals surface area contributed by atoms with Gasteiger partial charge in [-0.25, -0.2) is 0 Å². The first kappa shape index (κ1) is 16.6. The van der Waals surface area contributed by atoms with E-state index in [1.807, 2.05) is 45.0 Å². The topological polar surface area (TPSA) is 58.6 Å². The molecule has 0 fully saturated rings. The van der Waals surface area contributed by atoms with Gasteiger partial charge in [0.25, 0.3) is 0 Å². The fourth-order valence-corrected chi connectivity index (χ4v) is 2.10. The molecule has 0 aromatic heterocycles. The summed E-state index contributed by atoms with van der Waals surface area (Å²) in [6.45, 7) is 5.76. The highest BCUT2D eigenvalue weighted by molar-refractivity contribution is 6.02. The van der Waals surface area contributed by atoms with Gasteiger partial charge in [0.2, 0.25) is 5.91 Å². The summed E-state index contributed by atoms with van der Waals surface area (Å²) in [5.74, 6) is 0.726. The molecule has 0 saturated heterocycles. The molecule has 0 unspecified atom stereocenters. The Morgan fingerprint density at radius 3 is 2.70 bits per heavy atom. The third-order valence-corrected chi connectivity index (χ3v) is 3.12. The summed E-state index contributed by atoms with van der Waals surface area (Å²) < 4.78 is 5.63. The number of phenols is 1. The van der Waals surface area contributed by atoms with Crippen LogP contribution in [0, 0.1) is 6.92 Å². The van der Waals surface area contributed by atoms with Crippen molar-refractivity contribution in [3.63, 3.8) is 0 Å². The van der Waals surface area contributed by atoms with Crippen molar-refractivity contribution in [1.29, 1.82) is 0 Å². The molecule has 0 aliphatic rings. The van der Waals surface area contributed by atoms with Crippen LogP contribution >= 0.6 is 0 Å². The molecule has 2 rings (SSSR count). The Balaban J connectivity index is 2.03. The van der Waals surface area contributed by atoms with Crippen molar-refractivity contribution in [2.75, 3.05) is 5.32 Å². The minimum absolute atomic E-state index is 0.106. The number of phenolic OH excluding ortho intramolecular Hbond substituents is 1. The summed E-state index contributed by atoms with van der Waals surface area (Å²) in [5.41, 5.74) is 2.37. The number of hydrogen-bond acceptors (Lipinski definition) is 3. The Bertz CT molecular complexity index is 720. The summed E-state index contributed by atoms with van der Waals surface area (Å²) >= 11 is 0. The number of benzene rings is 2. The molecule has 0 bridgehead atoms. The van der Waals surface area contributed by atoms with E-state index in [1.54, 1.807) is 24.3 Å². The third kappa shape index (κ3) is 5.18. The van der Waals surface area contributed by atoms with Gasteiger partial charge in [-0.15, -0.1) is 0 Å². The maximum atomic E-state index is 12.0. The Morgan fingerprint density at radius 2 is 2.00 bits per heavy atom. The van der Waals surface area contributed by atoms with Gasteiger partial charge in [-0.2, -0.15) is 0 Å². The maximum absolute atomic E-state index is 12.0. The van der Waals surface area contributed by atoms with Crippen LogP contribution in [0.1, 0.15) is 25.0 Å². The van der Waals surface area contributed by atoms with Crippen molar-refractivity contribution in [1.82, 2.24) is 0 Å². The predicted octanol–water partition coefficient (Wildman–Crippen LogP) is 4.14. The highest BCUT2D eigenvalue weighted by atomic mass is 16.5. The van der Waals surface area contributed by atoms with E-state index in [1.165, 1.54) is 6.08 Å². The van der Waals surface area contributed by atoms with Gasteiger partial charge in [0.05, 0.1) is 6.10 Å². The maximum Gasteiger partial charge on any atom is 0.248 e. The number of aromatic hydroxyl groups is 1. The van der Waals surface area contributed by atoms with E-state index >= 15 is 0 Å². The molecule has 4 nitrogen and oxygen atoms in total. The number of amides is 1. The number of carbonyl (C=O) groups excluding carboxylic acids is 1. The van der Waals surface area contributed by atoms with Gasteiger partial charge >= 0.3 is 0 Å². The molecule has 0 aliphatic heterocycles. The van der Waals surface area contributed by atoms with Crippen molar-refractivity contribution < 1.29 is 14.6 Å². The van der Waals surface area contributed by atoms with Gasteiger partial charge in [-0.3, -0.25) is 4.79 Å². The van der Waals surface area contributed by atoms with E-state index in [2.05, 4.69) is 5.32 Å². The van der Waals surface area contributed by atoms with Crippen molar-refractivity contribution in [2.24, 2.45) is 0 Å². The lowest BCUT2D eigenvalue weighted by Crippen LogP contribution is -2.08. The molecule has 0 saturated carbocycles. The first-order valence-electron chi connectivity index (χ1n) is 7.49. The average Bonchev–Trinajstić information content (AvgIpc) is 2.48. The van der Waals surface area contributed by atoms with Crippen molar-refractivity contribution in [3.05, 3.63) is 59.7 Å². The zero-order valence-corrected chi connectivity index (χ0v) is 13.5. The van der Waals surface area contributed by atoms with E-state index in [0.717, 1.165) is 16.9 Å². The second-order valence-corrected chi connectivity index (χ2v) is 5.56. The van der Waals surface area contributed by atoms with Gasteiger partial charge in [0.1, 0.15) is 11.5 Å². The number of anilines is 1. The molecular weight excluding hydrogens is 290 g/mol. The Labute approximate surface area is 136 Å². The van der Waals surface area contributed by atoms with Crippen LogP contribution in [0.15, 0.2) is 48.5 Å². The molecular formula is C19H21NO3. The summed E-state index contributed by atoms with van der Waals surface area (Å²) in [5, 5.41) is 12.2. The van der Waals surface area contributed by atoms with Crippen LogP contribution in [-0.2, 0) is 4.79 Å². The van der Waals surface area contributed by atoms with Gasteiger partial charge in [-0.05, 0) is 68.3 Å². The second-order valence-electron chi connectivity index (χ2n) is 5.56. The van der Waals surface area contributed by atoms with Crippen LogP contribution < -0.4 is 10.1 Å². The molecule has 0 heterocycles. The molecule has 0 spiro atoms. The van der Waals surface area contributed by atoms with Gasteiger partial charge in [0.15, 0.2) is 0 Å².